The molecule has 0 bridgehead atoms. The second kappa shape index (κ2) is 5.26. The van der Waals surface area contributed by atoms with Crippen molar-refractivity contribution < 1.29 is 10.0 Å². The highest BCUT2D eigenvalue weighted by molar-refractivity contribution is 5.40. The third-order valence-electron chi connectivity index (χ3n) is 3.23. The molecule has 1 aliphatic carbocycles. The number of rotatable bonds is 3. The zero-order valence-corrected chi connectivity index (χ0v) is 10.6. The van der Waals surface area contributed by atoms with Gasteiger partial charge in [0.2, 0.25) is 6.08 Å². The van der Waals surface area contributed by atoms with Crippen LogP contribution in [0.25, 0.3) is 0 Å². The first kappa shape index (κ1) is 13.6. The van der Waals surface area contributed by atoms with Crippen LogP contribution in [0.1, 0.15) is 40.0 Å². The maximum Gasteiger partial charge on any atom is 0.234 e. The summed E-state index contributed by atoms with van der Waals surface area (Å²) in [5, 5.41) is 11.1. The van der Waals surface area contributed by atoms with E-state index < -0.39 is 0 Å². The Kier molecular flexibility index (Phi) is 4.22. The molecule has 0 radical (unpaired) electrons. The highest BCUT2D eigenvalue weighted by atomic mass is 16.4. The minimum Gasteiger partial charge on any atom is -0.403 e. The van der Waals surface area contributed by atoms with Crippen molar-refractivity contribution in [3.63, 3.8) is 0 Å². The number of aliphatic imine (C=N–C) groups is 2. The molecule has 1 saturated carbocycles. The van der Waals surface area contributed by atoms with Gasteiger partial charge in [-0.1, -0.05) is 20.8 Å². The molecule has 1 aliphatic rings. The van der Waals surface area contributed by atoms with Crippen molar-refractivity contribution in [2.45, 2.75) is 46.1 Å². The van der Waals surface area contributed by atoms with Gasteiger partial charge in [0.15, 0.2) is 0 Å². The first-order chi connectivity index (χ1) is 7.91. The summed E-state index contributed by atoms with van der Waals surface area (Å²) in [4.78, 5) is 18.0. The van der Waals surface area contributed by atoms with Crippen LogP contribution in [0.4, 0.5) is 0 Å². The van der Waals surface area contributed by atoms with E-state index >= 15 is 0 Å². The van der Waals surface area contributed by atoms with E-state index in [2.05, 4.69) is 41.9 Å². The van der Waals surface area contributed by atoms with Gasteiger partial charge in [-0.2, -0.15) is 0 Å². The third-order valence-corrected chi connectivity index (χ3v) is 3.23. The molecule has 5 heteroatoms. The summed E-state index contributed by atoms with van der Waals surface area (Å²) < 4.78 is 0. The predicted molar refractivity (Wildman–Crippen MR) is 64.2 cm³/mol. The molecule has 0 aliphatic heterocycles. The monoisotopic (exact) mass is 237 g/mol. The first-order valence-corrected chi connectivity index (χ1v) is 5.73. The Labute approximate surface area is 101 Å². The van der Waals surface area contributed by atoms with Crippen molar-refractivity contribution in [2.75, 3.05) is 6.54 Å². The SMILES string of the molecule is CC1(C)CC(N=C=NO)CC(C)(CN=C=O)C1. The molecule has 2 unspecified atom stereocenters. The fourth-order valence-corrected chi connectivity index (χ4v) is 3.12. The molecule has 2 atom stereocenters. The molecule has 1 N–H and O–H groups in total. The summed E-state index contributed by atoms with van der Waals surface area (Å²) in [5.74, 6) is 0. The van der Waals surface area contributed by atoms with Gasteiger partial charge in [0.25, 0.3) is 0 Å². The molecule has 0 heterocycles. The summed E-state index contributed by atoms with van der Waals surface area (Å²) >= 11 is 0. The van der Waals surface area contributed by atoms with Gasteiger partial charge in [0, 0.05) is 0 Å². The standard InChI is InChI=1S/C12H19N3O2/c1-11(2)4-10(14-8-15-17)5-12(3,6-11)7-13-9-16/h10,17H,4-7H2,1-3H3. The Morgan fingerprint density at radius 1 is 1.35 bits per heavy atom. The molecule has 1 rings (SSSR count). The van der Waals surface area contributed by atoms with Crippen LogP contribution >= 0.6 is 0 Å². The summed E-state index contributed by atoms with van der Waals surface area (Å²) in [6.45, 7) is 6.93. The molecule has 0 spiro atoms. The molecule has 94 valence electrons. The lowest BCUT2D eigenvalue weighted by atomic mass is 9.63. The second-order valence-corrected chi connectivity index (χ2v) is 5.95. The topological polar surface area (TPSA) is 74.4 Å². The van der Waals surface area contributed by atoms with Crippen LogP contribution in [-0.2, 0) is 4.79 Å². The van der Waals surface area contributed by atoms with Crippen molar-refractivity contribution in [2.24, 2.45) is 26.0 Å². The van der Waals surface area contributed by atoms with Crippen molar-refractivity contribution in [3.8, 4) is 0 Å². The summed E-state index contributed by atoms with van der Waals surface area (Å²) in [6.07, 6.45) is 4.34. The zero-order chi connectivity index (χ0) is 12.9. The number of hydrogen-bond acceptors (Lipinski definition) is 5. The Bertz CT molecular complexity index is 379. The van der Waals surface area contributed by atoms with E-state index in [-0.39, 0.29) is 16.9 Å². The smallest absolute Gasteiger partial charge is 0.234 e. The first-order valence-electron chi connectivity index (χ1n) is 5.73. The Morgan fingerprint density at radius 3 is 2.65 bits per heavy atom. The molecule has 0 aromatic heterocycles. The number of hydrogen-bond donors (Lipinski definition) is 1. The zero-order valence-electron chi connectivity index (χ0n) is 10.6. The molecular weight excluding hydrogens is 218 g/mol. The lowest BCUT2D eigenvalue weighted by Crippen LogP contribution is -2.39. The minimum absolute atomic E-state index is 0.0511. The number of isocyanates is 1. The van der Waals surface area contributed by atoms with Crippen molar-refractivity contribution in [1.82, 2.24) is 0 Å². The lowest BCUT2D eigenvalue weighted by Gasteiger charge is -2.44. The van der Waals surface area contributed by atoms with E-state index in [1.165, 1.54) is 0 Å². The number of carbonyl (C=O) groups excluding carboxylic acids is 1. The molecular formula is C12H19N3O2. The number of nitrogens with zero attached hydrogens (tertiary/aromatic N) is 3. The highest BCUT2D eigenvalue weighted by Crippen LogP contribution is 2.47. The van der Waals surface area contributed by atoms with Crippen molar-refractivity contribution >= 4 is 12.1 Å². The maximum absolute atomic E-state index is 10.2. The second-order valence-electron chi connectivity index (χ2n) is 5.95. The van der Waals surface area contributed by atoms with Crippen LogP contribution in [0.15, 0.2) is 15.1 Å². The van der Waals surface area contributed by atoms with Crippen LogP contribution in [-0.4, -0.2) is 29.9 Å². The molecule has 0 amide bonds. The van der Waals surface area contributed by atoms with E-state index in [1.54, 1.807) is 6.08 Å². The maximum atomic E-state index is 10.2. The Morgan fingerprint density at radius 2 is 2.06 bits per heavy atom. The highest BCUT2D eigenvalue weighted by Gasteiger charge is 2.41. The van der Waals surface area contributed by atoms with Gasteiger partial charge in [-0.15, -0.1) is 0 Å². The quantitative estimate of drug-likeness (QED) is 0.354. The van der Waals surface area contributed by atoms with Crippen LogP contribution in [0.2, 0.25) is 0 Å². The average Bonchev–Trinajstić information content (AvgIpc) is 2.21. The largest absolute Gasteiger partial charge is 0.403 e. The normalized spacial score (nSPS) is 30.9. The molecule has 17 heavy (non-hydrogen) atoms. The van der Waals surface area contributed by atoms with Gasteiger partial charge in [-0.3, -0.25) is 0 Å². The average molecular weight is 237 g/mol. The Balaban J connectivity index is 2.86. The van der Waals surface area contributed by atoms with E-state index in [4.69, 9.17) is 5.21 Å². The van der Waals surface area contributed by atoms with Crippen molar-refractivity contribution in [3.05, 3.63) is 0 Å². The van der Waals surface area contributed by atoms with Gasteiger partial charge >= 0.3 is 0 Å². The fraction of sp³-hybridized carbons (Fsp3) is 0.833. The van der Waals surface area contributed by atoms with Gasteiger partial charge in [0.1, 0.15) is 6.01 Å². The van der Waals surface area contributed by atoms with Gasteiger partial charge in [-0.25, -0.2) is 14.8 Å². The van der Waals surface area contributed by atoms with Crippen molar-refractivity contribution in [1.29, 1.82) is 0 Å². The van der Waals surface area contributed by atoms with Crippen LogP contribution in [0.3, 0.4) is 0 Å². The van der Waals surface area contributed by atoms with E-state index in [0.717, 1.165) is 19.3 Å². The third kappa shape index (κ3) is 4.14. The fourth-order valence-electron chi connectivity index (χ4n) is 3.12. The van der Waals surface area contributed by atoms with Gasteiger partial charge in [0.05, 0.1) is 12.6 Å². The minimum atomic E-state index is -0.0511. The summed E-state index contributed by atoms with van der Waals surface area (Å²) in [6, 6.07) is 2.32. The van der Waals surface area contributed by atoms with E-state index in [0.29, 0.717) is 6.54 Å². The molecule has 1 fully saturated rings. The molecule has 0 aromatic carbocycles. The molecule has 5 nitrogen and oxygen atoms in total. The van der Waals surface area contributed by atoms with Crippen LogP contribution in [0, 0.1) is 10.8 Å². The van der Waals surface area contributed by atoms with E-state index in [1.807, 2.05) is 0 Å². The lowest BCUT2D eigenvalue weighted by molar-refractivity contribution is 0.0916. The van der Waals surface area contributed by atoms with E-state index in [9.17, 15) is 4.79 Å². The molecule has 0 saturated heterocycles. The summed E-state index contributed by atoms with van der Waals surface area (Å²) in [5.41, 5.74) is 0.0845. The van der Waals surface area contributed by atoms with Gasteiger partial charge < -0.3 is 5.21 Å². The Hall–Kier alpha value is -1.44. The van der Waals surface area contributed by atoms with Crippen LogP contribution in [0.5, 0.6) is 0 Å². The molecule has 0 aromatic rings. The van der Waals surface area contributed by atoms with Gasteiger partial charge in [-0.05, 0) is 35.2 Å². The predicted octanol–water partition coefficient (Wildman–Crippen LogP) is 2.47. The van der Waals surface area contributed by atoms with Crippen LogP contribution < -0.4 is 0 Å². The summed E-state index contributed by atoms with van der Waals surface area (Å²) in [7, 11) is 0.